The summed E-state index contributed by atoms with van der Waals surface area (Å²) in [6.45, 7) is 3.64. The fraction of sp³-hybridized carbons (Fsp3) is 0.481. The Labute approximate surface area is 196 Å². The number of carboxylic acids is 2. The van der Waals surface area contributed by atoms with Crippen molar-refractivity contribution in [3.8, 4) is 0 Å². The van der Waals surface area contributed by atoms with Gasteiger partial charge in [-0.3, -0.25) is 4.90 Å². The van der Waals surface area contributed by atoms with E-state index in [1.807, 2.05) is 0 Å². The van der Waals surface area contributed by atoms with Gasteiger partial charge in [-0.2, -0.15) is 0 Å². The number of hydrogen-bond donors (Lipinski definition) is 2. The van der Waals surface area contributed by atoms with Gasteiger partial charge in [0.1, 0.15) is 0 Å². The number of aliphatic carboxylic acids is 2. The van der Waals surface area contributed by atoms with Gasteiger partial charge in [-0.25, -0.2) is 9.59 Å². The van der Waals surface area contributed by atoms with Gasteiger partial charge in [0.2, 0.25) is 0 Å². The lowest BCUT2D eigenvalue weighted by molar-refractivity contribution is -0.159. The number of piperidine rings is 1. The van der Waals surface area contributed by atoms with Crippen LogP contribution in [-0.4, -0.2) is 64.2 Å². The minimum absolute atomic E-state index is 0.738. The molecule has 0 spiro atoms. The molecular formula is C27H36N2O4. The first-order chi connectivity index (χ1) is 15.9. The van der Waals surface area contributed by atoms with Crippen LogP contribution in [0.3, 0.4) is 0 Å². The number of nitrogens with zero attached hydrogens (tertiary/aromatic N) is 2. The zero-order valence-electron chi connectivity index (χ0n) is 19.5. The van der Waals surface area contributed by atoms with Gasteiger partial charge in [-0.15, -0.1) is 0 Å². The van der Waals surface area contributed by atoms with Crippen molar-refractivity contribution in [1.29, 1.82) is 0 Å². The fourth-order valence-electron chi connectivity index (χ4n) is 5.19. The largest absolute Gasteiger partial charge is 0.473 e. The normalized spacial score (nSPS) is 21.8. The Morgan fingerprint density at radius 2 is 1.33 bits per heavy atom. The molecule has 2 fully saturated rings. The summed E-state index contributed by atoms with van der Waals surface area (Å²) >= 11 is 0. The van der Waals surface area contributed by atoms with E-state index in [0.29, 0.717) is 0 Å². The SMILES string of the molecule is CN(Cc1ccccc1)C1CCN(C2CCC(c3ccccc3)CC2)CC1.O=C(O)C(=O)O. The predicted octanol–water partition coefficient (Wildman–Crippen LogP) is 4.46. The van der Waals surface area contributed by atoms with E-state index < -0.39 is 11.9 Å². The van der Waals surface area contributed by atoms with Crippen molar-refractivity contribution in [2.45, 2.75) is 63.1 Å². The summed E-state index contributed by atoms with van der Waals surface area (Å²) in [4.78, 5) is 23.6. The van der Waals surface area contributed by atoms with E-state index in [4.69, 9.17) is 19.8 Å². The summed E-state index contributed by atoms with van der Waals surface area (Å²) in [5.41, 5.74) is 2.99. The highest BCUT2D eigenvalue weighted by atomic mass is 16.4. The number of carbonyl (C=O) groups is 2. The van der Waals surface area contributed by atoms with Crippen LogP contribution in [0.5, 0.6) is 0 Å². The van der Waals surface area contributed by atoms with Crippen molar-refractivity contribution in [1.82, 2.24) is 9.80 Å². The number of hydrogen-bond acceptors (Lipinski definition) is 4. The molecule has 0 aromatic heterocycles. The van der Waals surface area contributed by atoms with Gasteiger partial charge in [-0.1, -0.05) is 60.7 Å². The second kappa shape index (κ2) is 12.5. The molecule has 1 aliphatic heterocycles. The molecule has 2 aromatic carbocycles. The molecule has 0 atom stereocenters. The lowest BCUT2D eigenvalue weighted by Gasteiger charge is -2.42. The first kappa shape index (κ1) is 24.9. The molecular weight excluding hydrogens is 416 g/mol. The molecule has 178 valence electrons. The zero-order valence-corrected chi connectivity index (χ0v) is 19.5. The van der Waals surface area contributed by atoms with Gasteiger partial charge in [-0.05, 0) is 75.7 Å². The summed E-state index contributed by atoms with van der Waals surface area (Å²) in [5.74, 6) is -2.86. The number of rotatable bonds is 5. The molecule has 1 saturated heterocycles. The Bertz CT molecular complexity index is 846. The molecule has 2 N–H and O–H groups in total. The molecule has 0 bridgehead atoms. The van der Waals surface area contributed by atoms with Crippen LogP contribution < -0.4 is 0 Å². The Hall–Kier alpha value is -2.70. The maximum atomic E-state index is 9.10. The van der Waals surface area contributed by atoms with Crippen LogP contribution in [0.15, 0.2) is 60.7 Å². The third-order valence-corrected chi connectivity index (χ3v) is 7.06. The molecule has 2 aliphatic rings. The van der Waals surface area contributed by atoms with E-state index in [1.165, 1.54) is 57.2 Å². The molecule has 0 unspecified atom stereocenters. The van der Waals surface area contributed by atoms with Crippen LogP contribution in [0.1, 0.15) is 55.6 Å². The third kappa shape index (κ3) is 7.69. The van der Waals surface area contributed by atoms with Gasteiger partial charge in [0.15, 0.2) is 0 Å². The quantitative estimate of drug-likeness (QED) is 0.652. The van der Waals surface area contributed by atoms with Gasteiger partial charge in [0.25, 0.3) is 0 Å². The van der Waals surface area contributed by atoms with Crippen molar-refractivity contribution in [2.75, 3.05) is 20.1 Å². The number of benzene rings is 2. The number of likely N-dealkylation sites (tertiary alicyclic amines) is 1. The summed E-state index contributed by atoms with van der Waals surface area (Å²) in [5, 5.41) is 14.8. The Balaban J connectivity index is 0.000000454. The standard InChI is InChI=1S/C25H34N2.C2H2O4/c1-26(20-21-8-4-2-5-9-21)24-16-18-27(19-17-24)25-14-12-23(13-15-25)22-10-6-3-7-11-22;3-1(4)2(5)6/h2-11,23-25H,12-20H2,1H3;(H,3,4)(H,5,6). The molecule has 1 saturated carbocycles. The number of carboxylic acid groups (broad SMARTS) is 2. The van der Waals surface area contributed by atoms with Gasteiger partial charge in [0, 0.05) is 18.6 Å². The fourth-order valence-corrected chi connectivity index (χ4v) is 5.19. The molecule has 0 amide bonds. The van der Waals surface area contributed by atoms with E-state index in [-0.39, 0.29) is 0 Å². The molecule has 6 nitrogen and oxygen atoms in total. The molecule has 1 heterocycles. The maximum absolute atomic E-state index is 9.10. The van der Waals surface area contributed by atoms with Crippen LogP contribution in [0, 0.1) is 0 Å². The highest BCUT2D eigenvalue weighted by Gasteiger charge is 2.30. The second-order valence-corrected chi connectivity index (χ2v) is 9.19. The Kier molecular flexibility index (Phi) is 9.46. The van der Waals surface area contributed by atoms with Gasteiger partial charge >= 0.3 is 11.9 Å². The molecule has 0 radical (unpaired) electrons. The second-order valence-electron chi connectivity index (χ2n) is 9.19. The molecule has 2 aromatic rings. The van der Waals surface area contributed by atoms with Crippen molar-refractivity contribution in [3.05, 3.63) is 71.8 Å². The topological polar surface area (TPSA) is 81.1 Å². The van der Waals surface area contributed by atoms with Crippen molar-refractivity contribution in [3.63, 3.8) is 0 Å². The third-order valence-electron chi connectivity index (χ3n) is 7.06. The van der Waals surface area contributed by atoms with Crippen LogP contribution in [0.25, 0.3) is 0 Å². The zero-order chi connectivity index (χ0) is 23.6. The van der Waals surface area contributed by atoms with Crippen molar-refractivity contribution in [2.24, 2.45) is 0 Å². The van der Waals surface area contributed by atoms with Crippen molar-refractivity contribution < 1.29 is 19.8 Å². The minimum atomic E-state index is -1.82. The monoisotopic (exact) mass is 452 g/mol. The van der Waals surface area contributed by atoms with Crippen molar-refractivity contribution >= 4 is 11.9 Å². The lowest BCUT2D eigenvalue weighted by atomic mass is 9.81. The van der Waals surface area contributed by atoms with E-state index in [1.54, 1.807) is 5.56 Å². The first-order valence-corrected chi connectivity index (χ1v) is 11.9. The van der Waals surface area contributed by atoms with Gasteiger partial charge in [0.05, 0.1) is 0 Å². The molecule has 4 rings (SSSR count). The smallest absolute Gasteiger partial charge is 0.414 e. The highest BCUT2D eigenvalue weighted by molar-refractivity contribution is 6.27. The van der Waals surface area contributed by atoms with Crippen LogP contribution in [0.4, 0.5) is 0 Å². The minimum Gasteiger partial charge on any atom is -0.473 e. The van der Waals surface area contributed by atoms with E-state index in [2.05, 4.69) is 77.5 Å². The van der Waals surface area contributed by atoms with Crippen LogP contribution >= 0.6 is 0 Å². The van der Waals surface area contributed by atoms with E-state index in [0.717, 1.165) is 24.5 Å². The lowest BCUT2D eigenvalue weighted by Crippen LogP contribution is -2.47. The van der Waals surface area contributed by atoms with Crippen LogP contribution in [-0.2, 0) is 16.1 Å². The maximum Gasteiger partial charge on any atom is 0.414 e. The summed E-state index contributed by atoms with van der Waals surface area (Å²) in [6.07, 6.45) is 8.13. The summed E-state index contributed by atoms with van der Waals surface area (Å²) in [6, 6.07) is 23.6. The van der Waals surface area contributed by atoms with E-state index in [9.17, 15) is 0 Å². The predicted molar refractivity (Wildman–Crippen MR) is 129 cm³/mol. The van der Waals surface area contributed by atoms with Crippen LogP contribution in [0.2, 0.25) is 0 Å². The Morgan fingerprint density at radius 1 is 0.818 bits per heavy atom. The molecule has 33 heavy (non-hydrogen) atoms. The average molecular weight is 453 g/mol. The van der Waals surface area contributed by atoms with Gasteiger partial charge < -0.3 is 15.1 Å². The Morgan fingerprint density at radius 3 is 1.85 bits per heavy atom. The summed E-state index contributed by atoms with van der Waals surface area (Å²) < 4.78 is 0. The highest BCUT2D eigenvalue weighted by Crippen LogP contribution is 2.35. The average Bonchev–Trinajstić information content (AvgIpc) is 2.86. The first-order valence-electron chi connectivity index (χ1n) is 11.9. The summed E-state index contributed by atoms with van der Waals surface area (Å²) in [7, 11) is 2.30. The molecule has 1 aliphatic carbocycles. The van der Waals surface area contributed by atoms with E-state index >= 15 is 0 Å². The molecule has 6 heteroatoms.